The maximum absolute atomic E-state index is 11.3. The van der Waals surface area contributed by atoms with Gasteiger partial charge >= 0.3 is 5.97 Å². The van der Waals surface area contributed by atoms with E-state index in [4.69, 9.17) is 4.74 Å². The average Bonchev–Trinajstić information content (AvgIpc) is 2.07. The van der Waals surface area contributed by atoms with E-state index in [-0.39, 0.29) is 11.6 Å². The third-order valence-corrected chi connectivity index (χ3v) is 2.68. The van der Waals surface area contributed by atoms with Crippen LogP contribution in [-0.4, -0.2) is 35.7 Å². The second-order valence-electron chi connectivity index (χ2n) is 5.10. The van der Waals surface area contributed by atoms with Crippen LogP contribution in [-0.2, 0) is 9.53 Å². The monoisotopic (exact) mass is 247 g/mol. The van der Waals surface area contributed by atoms with Crippen molar-refractivity contribution in [1.29, 1.82) is 0 Å². The summed E-state index contributed by atoms with van der Waals surface area (Å²) in [5, 5.41) is 3.34. The summed E-state index contributed by atoms with van der Waals surface area (Å²) in [6.45, 7) is 11.0. The zero-order valence-electron chi connectivity index (χ0n) is 11.1. The van der Waals surface area contributed by atoms with Crippen molar-refractivity contribution in [3.8, 4) is 0 Å². The molecule has 1 N–H and O–H groups in total. The summed E-state index contributed by atoms with van der Waals surface area (Å²) in [6, 6.07) is 0.538. The molecule has 0 saturated carbocycles. The Hall–Kier alpha value is -0.220. The molecule has 0 spiro atoms. The first-order valence-corrected chi connectivity index (χ1v) is 6.99. The van der Waals surface area contributed by atoms with E-state index in [9.17, 15) is 4.79 Å². The summed E-state index contributed by atoms with van der Waals surface area (Å²) in [4.78, 5) is 11.3. The summed E-state index contributed by atoms with van der Waals surface area (Å²) in [5.41, 5.74) is -0.364. The maximum Gasteiger partial charge on any atom is 0.316 e. The SMILES string of the molecule is CC(C)NCCCSCC(=O)OC(C)(C)C. The number of rotatable bonds is 7. The number of thioether (sulfide) groups is 1. The van der Waals surface area contributed by atoms with Gasteiger partial charge in [0, 0.05) is 6.04 Å². The Morgan fingerprint density at radius 2 is 2.00 bits per heavy atom. The molecule has 0 aromatic carbocycles. The Morgan fingerprint density at radius 3 is 2.50 bits per heavy atom. The third kappa shape index (κ3) is 11.9. The first-order chi connectivity index (χ1) is 7.31. The van der Waals surface area contributed by atoms with Crippen LogP contribution in [0.15, 0.2) is 0 Å². The summed E-state index contributed by atoms with van der Waals surface area (Å²) >= 11 is 1.64. The minimum atomic E-state index is -0.364. The quantitative estimate of drug-likeness (QED) is 0.554. The molecule has 0 unspecified atom stereocenters. The van der Waals surface area contributed by atoms with Crippen molar-refractivity contribution < 1.29 is 9.53 Å². The lowest BCUT2D eigenvalue weighted by molar-refractivity contribution is -0.151. The predicted octanol–water partition coefficient (Wildman–Crippen LogP) is 2.45. The average molecular weight is 247 g/mol. The standard InChI is InChI=1S/C12H25NO2S/c1-10(2)13-7-6-8-16-9-11(14)15-12(3,4)5/h10,13H,6-9H2,1-5H3. The highest BCUT2D eigenvalue weighted by atomic mass is 32.2. The van der Waals surface area contributed by atoms with E-state index in [2.05, 4.69) is 19.2 Å². The molecule has 0 aromatic rings. The molecular formula is C12H25NO2S. The minimum absolute atomic E-state index is 0.116. The number of nitrogens with one attached hydrogen (secondary N) is 1. The van der Waals surface area contributed by atoms with Crippen molar-refractivity contribution in [2.75, 3.05) is 18.1 Å². The molecule has 0 aliphatic carbocycles. The predicted molar refractivity (Wildman–Crippen MR) is 70.9 cm³/mol. The number of ether oxygens (including phenoxy) is 1. The van der Waals surface area contributed by atoms with E-state index in [0.717, 1.165) is 18.7 Å². The van der Waals surface area contributed by atoms with Crippen molar-refractivity contribution in [2.45, 2.75) is 52.7 Å². The van der Waals surface area contributed by atoms with E-state index >= 15 is 0 Å². The van der Waals surface area contributed by atoms with Gasteiger partial charge in [0.25, 0.3) is 0 Å². The van der Waals surface area contributed by atoms with E-state index in [0.29, 0.717) is 11.8 Å². The van der Waals surface area contributed by atoms with E-state index in [1.807, 2.05) is 20.8 Å². The van der Waals surface area contributed by atoms with Crippen LogP contribution in [0.2, 0.25) is 0 Å². The molecule has 96 valence electrons. The lowest BCUT2D eigenvalue weighted by Gasteiger charge is -2.19. The molecule has 0 atom stereocenters. The smallest absolute Gasteiger partial charge is 0.316 e. The number of esters is 1. The van der Waals surface area contributed by atoms with Gasteiger partial charge in [-0.2, -0.15) is 11.8 Å². The fraction of sp³-hybridized carbons (Fsp3) is 0.917. The largest absolute Gasteiger partial charge is 0.459 e. The molecule has 3 nitrogen and oxygen atoms in total. The topological polar surface area (TPSA) is 38.3 Å². The van der Waals surface area contributed by atoms with Gasteiger partial charge in [-0.25, -0.2) is 0 Å². The molecule has 16 heavy (non-hydrogen) atoms. The molecule has 0 amide bonds. The first kappa shape index (κ1) is 15.8. The van der Waals surface area contributed by atoms with Gasteiger partial charge in [0.1, 0.15) is 5.60 Å². The fourth-order valence-electron chi connectivity index (χ4n) is 1.09. The van der Waals surface area contributed by atoms with Crippen LogP contribution in [0.25, 0.3) is 0 Å². The Labute approximate surface area is 104 Å². The van der Waals surface area contributed by atoms with E-state index in [1.165, 1.54) is 0 Å². The molecule has 0 fully saturated rings. The normalized spacial score (nSPS) is 11.9. The third-order valence-electron chi connectivity index (χ3n) is 1.66. The van der Waals surface area contributed by atoms with Gasteiger partial charge in [0.05, 0.1) is 5.75 Å². The van der Waals surface area contributed by atoms with Crippen LogP contribution in [0.1, 0.15) is 41.0 Å². The Balaban J connectivity index is 3.35. The minimum Gasteiger partial charge on any atom is -0.459 e. The van der Waals surface area contributed by atoms with Crippen molar-refractivity contribution >= 4 is 17.7 Å². The Bertz CT molecular complexity index is 200. The van der Waals surface area contributed by atoms with Gasteiger partial charge in [-0.15, -0.1) is 0 Å². The highest BCUT2D eigenvalue weighted by molar-refractivity contribution is 7.99. The number of hydrogen-bond donors (Lipinski definition) is 1. The van der Waals surface area contributed by atoms with Gasteiger partial charge < -0.3 is 10.1 Å². The highest BCUT2D eigenvalue weighted by Gasteiger charge is 2.15. The van der Waals surface area contributed by atoms with Crippen LogP contribution >= 0.6 is 11.8 Å². The fourth-order valence-corrected chi connectivity index (χ4v) is 1.81. The highest BCUT2D eigenvalue weighted by Crippen LogP contribution is 2.10. The van der Waals surface area contributed by atoms with Crippen LogP contribution in [0.3, 0.4) is 0 Å². The number of carbonyl (C=O) groups excluding carboxylic acids is 1. The maximum atomic E-state index is 11.3. The zero-order chi connectivity index (χ0) is 12.6. The van der Waals surface area contributed by atoms with Gasteiger partial charge in [0.2, 0.25) is 0 Å². The zero-order valence-corrected chi connectivity index (χ0v) is 11.9. The number of carbonyl (C=O) groups is 1. The second kappa shape index (κ2) is 7.96. The molecule has 0 rings (SSSR count). The molecular weight excluding hydrogens is 222 g/mol. The van der Waals surface area contributed by atoms with Gasteiger partial charge in [0.15, 0.2) is 0 Å². The molecule has 0 bridgehead atoms. The summed E-state index contributed by atoms with van der Waals surface area (Å²) in [5.74, 6) is 1.34. The summed E-state index contributed by atoms with van der Waals surface area (Å²) in [7, 11) is 0. The van der Waals surface area contributed by atoms with E-state index < -0.39 is 0 Å². The first-order valence-electron chi connectivity index (χ1n) is 5.84. The molecule has 0 heterocycles. The van der Waals surface area contributed by atoms with Crippen molar-refractivity contribution in [3.05, 3.63) is 0 Å². The molecule has 0 radical (unpaired) electrons. The molecule has 0 aliphatic heterocycles. The van der Waals surface area contributed by atoms with Crippen LogP contribution in [0, 0.1) is 0 Å². The molecule has 4 heteroatoms. The van der Waals surface area contributed by atoms with Gasteiger partial charge in [-0.3, -0.25) is 4.79 Å². The van der Waals surface area contributed by atoms with Crippen LogP contribution in [0.5, 0.6) is 0 Å². The summed E-state index contributed by atoms with van der Waals surface area (Å²) < 4.78 is 5.21. The van der Waals surface area contributed by atoms with E-state index in [1.54, 1.807) is 11.8 Å². The number of hydrogen-bond acceptors (Lipinski definition) is 4. The molecule has 0 aliphatic rings. The lowest BCUT2D eigenvalue weighted by Crippen LogP contribution is -2.25. The second-order valence-corrected chi connectivity index (χ2v) is 6.21. The Morgan fingerprint density at radius 1 is 1.38 bits per heavy atom. The van der Waals surface area contributed by atoms with Crippen molar-refractivity contribution in [1.82, 2.24) is 5.32 Å². The van der Waals surface area contributed by atoms with Gasteiger partial charge in [-0.1, -0.05) is 13.8 Å². The Kier molecular flexibility index (Phi) is 7.85. The summed E-state index contributed by atoms with van der Waals surface area (Å²) in [6.07, 6.45) is 1.09. The van der Waals surface area contributed by atoms with Crippen molar-refractivity contribution in [2.24, 2.45) is 0 Å². The molecule has 0 aromatic heterocycles. The van der Waals surface area contributed by atoms with Crippen molar-refractivity contribution in [3.63, 3.8) is 0 Å². The lowest BCUT2D eigenvalue weighted by atomic mass is 10.2. The van der Waals surface area contributed by atoms with Gasteiger partial charge in [-0.05, 0) is 39.5 Å². The van der Waals surface area contributed by atoms with Crippen LogP contribution in [0.4, 0.5) is 0 Å². The molecule has 0 saturated heterocycles. The van der Waals surface area contributed by atoms with Crippen LogP contribution < -0.4 is 5.32 Å².